The summed E-state index contributed by atoms with van der Waals surface area (Å²) in [6.45, 7) is 3.44. The van der Waals surface area contributed by atoms with Gasteiger partial charge in [-0.3, -0.25) is 4.79 Å². The molecule has 1 aliphatic rings. The highest BCUT2D eigenvalue weighted by Gasteiger charge is 2.22. The number of hydrogen-bond donors (Lipinski definition) is 1. The van der Waals surface area contributed by atoms with Crippen LogP contribution in [-0.4, -0.2) is 11.8 Å². The molecule has 0 amide bonds. The minimum Gasteiger partial charge on any atom is -0.328 e. The van der Waals surface area contributed by atoms with Gasteiger partial charge in [-0.1, -0.05) is 6.58 Å². The summed E-state index contributed by atoms with van der Waals surface area (Å²) >= 11 is 0. The minimum absolute atomic E-state index is 0.157. The Hall–Kier alpha value is -0.630. The third kappa shape index (κ3) is 2.46. The Morgan fingerprint density at radius 3 is 2.82 bits per heavy atom. The maximum atomic E-state index is 10.9. The summed E-state index contributed by atoms with van der Waals surface area (Å²) in [4.78, 5) is 10.9. The van der Waals surface area contributed by atoms with Crippen LogP contribution < -0.4 is 5.73 Å². The Morgan fingerprint density at radius 2 is 2.36 bits per heavy atom. The Bertz CT molecular complexity index is 165. The van der Waals surface area contributed by atoms with Crippen molar-refractivity contribution in [1.29, 1.82) is 0 Å². The van der Waals surface area contributed by atoms with Gasteiger partial charge in [0.2, 0.25) is 0 Å². The van der Waals surface area contributed by atoms with E-state index in [1.165, 1.54) is 6.08 Å². The highest BCUT2D eigenvalue weighted by molar-refractivity contribution is 5.89. The predicted molar refractivity (Wildman–Crippen MR) is 45.1 cm³/mol. The van der Waals surface area contributed by atoms with E-state index in [0.29, 0.717) is 18.4 Å². The van der Waals surface area contributed by atoms with Crippen molar-refractivity contribution in [3.63, 3.8) is 0 Å². The molecule has 11 heavy (non-hydrogen) atoms. The van der Waals surface area contributed by atoms with E-state index in [0.717, 1.165) is 19.3 Å². The van der Waals surface area contributed by atoms with E-state index in [9.17, 15) is 4.79 Å². The average Bonchev–Trinajstić information content (AvgIpc) is 2.35. The number of nitrogens with two attached hydrogens (primary N) is 1. The first-order valence-corrected chi connectivity index (χ1v) is 4.13. The quantitative estimate of drug-likeness (QED) is 0.620. The first-order chi connectivity index (χ1) is 5.22. The summed E-state index contributed by atoms with van der Waals surface area (Å²) in [5.41, 5.74) is 5.71. The fraction of sp³-hybridized carbons (Fsp3) is 0.667. The molecule has 0 bridgehead atoms. The van der Waals surface area contributed by atoms with Crippen LogP contribution in [0.25, 0.3) is 0 Å². The monoisotopic (exact) mass is 153 g/mol. The third-order valence-electron chi connectivity index (χ3n) is 2.30. The zero-order valence-corrected chi connectivity index (χ0v) is 6.75. The van der Waals surface area contributed by atoms with Crippen molar-refractivity contribution in [2.75, 3.05) is 0 Å². The molecule has 2 N–H and O–H groups in total. The molecule has 2 unspecified atom stereocenters. The van der Waals surface area contributed by atoms with Gasteiger partial charge in [-0.2, -0.15) is 0 Å². The third-order valence-corrected chi connectivity index (χ3v) is 2.30. The topological polar surface area (TPSA) is 43.1 Å². The van der Waals surface area contributed by atoms with Crippen LogP contribution in [-0.2, 0) is 4.79 Å². The molecule has 1 saturated carbocycles. The Kier molecular flexibility index (Phi) is 2.83. The molecule has 2 nitrogen and oxygen atoms in total. The van der Waals surface area contributed by atoms with Crippen molar-refractivity contribution in [2.24, 2.45) is 11.7 Å². The molecule has 62 valence electrons. The van der Waals surface area contributed by atoms with Gasteiger partial charge in [0.15, 0.2) is 5.78 Å². The largest absolute Gasteiger partial charge is 0.328 e. The van der Waals surface area contributed by atoms with E-state index < -0.39 is 0 Å². The average molecular weight is 153 g/mol. The molecule has 0 aromatic heterocycles. The molecule has 2 atom stereocenters. The number of hydrogen-bond acceptors (Lipinski definition) is 2. The molecule has 0 aliphatic heterocycles. The molecule has 0 heterocycles. The number of carbonyl (C=O) groups is 1. The fourth-order valence-corrected chi connectivity index (χ4v) is 1.67. The zero-order valence-electron chi connectivity index (χ0n) is 6.75. The van der Waals surface area contributed by atoms with Gasteiger partial charge in [0, 0.05) is 12.5 Å². The van der Waals surface area contributed by atoms with E-state index in [4.69, 9.17) is 5.73 Å². The van der Waals surface area contributed by atoms with Crippen molar-refractivity contribution >= 4 is 5.78 Å². The molecular formula is C9H15NO. The maximum Gasteiger partial charge on any atom is 0.155 e. The van der Waals surface area contributed by atoms with Crippen LogP contribution >= 0.6 is 0 Å². The first-order valence-electron chi connectivity index (χ1n) is 4.13. The van der Waals surface area contributed by atoms with Crippen LogP contribution in [0.4, 0.5) is 0 Å². The van der Waals surface area contributed by atoms with E-state index >= 15 is 0 Å². The molecule has 0 aromatic rings. The molecule has 1 fully saturated rings. The van der Waals surface area contributed by atoms with E-state index in [1.54, 1.807) is 0 Å². The second-order valence-corrected chi connectivity index (χ2v) is 3.31. The molecule has 0 saturated heterocycles. The standard InChI is InChI=1S/C9H15NO/c1-2-9(11)6-7-3-4-8(10)5-7/h2,7-8H,1,3-6,10H2. The summed E-state index contributed by atoms with van der Waals surface area (Å²) in [6, 6.07) is 0.331. The van der Waals surface area contributed by atoms with Gasteiger partial charge < -0.3 is 5.73 Å². The lowest BCUT2D eigenvalue weighted by Crippen LogP contribution is -2.15. The van der Waals surface area contributed by atoms with Gasteiger partial charge in [-0.25, -0.2) is 0 Å². The van der Waals surface area contributed by atoms with Crippen molar-refractivity contribution in [2.45, 2.75) is 31.7 Å². The van der Waals surface area contributed by atoms with Crippen LogP contribution in [0.15, 0.2) is 12.7 Å². The van der Waals surface area contributed by atoms with Crippen molar-refractivity contribution in [1.82, 2.24) is 0 Å². The van der Waals surface area contributed by atoms with E-state index in [2.05, 4.69) is 6.58 Å². The van der Waals surface area contributed by atoms with Gasteiger partial charge in [-0.05, 0) is 31.3 Å². The van der Waals surface area contributed by atoms with Crippen molar-refractivity contribution in [3.8, 4) is 0 Å². The van der Waals surface area contributed by atoms with Crippen LogP contribution in [0.1, 0.15) is 25.7 Å². The summed E-state index contributed by atoms with van der Waals surface area (Å²) in [5.74, 6) is 0.680. The lowest BCUT2D eigenvalue weighted by molar-refractivity contribution is -0.115. The normalized spacial score (nSPS) is 30.3. The highest BCUT2D eigenvalue weighted by atomic mass is 16.1. The summed E-state index contributed by atoms with van der Waals surface area (Å²) in [5, 5.41) is 0. The molecule has 0 spiro atoms. The van der Waals surface area contributed by atoms with Crippen LogP contribution in [0.3, 0.4) is 0 Å². The minimum atomic E-state index is 0.157. The summed E-state index contributed by atoms with van der Waals surface area (Å²) < 4.78 is 0. The fourth-order valence-electron chi connectivity index (χ4n) is 1.67. The molecule has 1 aliphatic carbocycles. The van der Waals surface area contributed by atoms with Crippen LogP contribution in [0, 0.1) is 5.92 Å². The van der Waals surface area contributed by atoms with Crippen molar-refractivity contribution in [3.05, 3.63) is 12.7 Å². The lowest BCUT2D eigenvalue weighted by atomic mass is 10.0. The second kappa shape index (κ2) is 3.67. The first kappa shape index (κ1) is 8.47. The highest BCUT2D eigenvalue weighted by Crippen LogP contribution is 2.26. The Labute approximate surface area is 67.5 Å². The molecule has 1 rings (SSSR count). The number of carbonyl (C=O) groups excluding carboxylic acids is 1. The zero-order chi connectivity index (χ0) is 8.27. The Balaban J connectivity index is 2.28. The maximum absolute atomic E-state index is 10.9. The lowest BCUT2D eigenvalue weighted by Gasteiger charge is -2.04. The predicted octanol–water partition coefficient (Wildman–Crippen LogP) is 1.26. The van der Waals surface area contributed by atoms with E-state index in [1.807, 2.05) is 0 Å². The summed E-state index contributed by atoms with van der Waals surface area (Å²) in [6.07, 6.45) is 5.26. The molecule has 0 aromatic carbocycles. The second-order valence-electron chi connectivity index (χ2n) is 3.31. The summed E-state index contributed by atoms with van der Waals surface area (Å²) in [7, 11) is 0. The number of allylic oxidation sites excluding steroid dienone is 1. The van der Waals surface area contributed by atoms with Gasteiger partial charge in [0.1, 0.15) is 0 Å². The molecule has 0 radical (unpaired) electrons. The number of ketones is 1. The SMILES string of the molecule is C=CC(=O)CC1CCC(N)C1. The van der Waals surface area contributed by atoms with Gasteiger partial charge in [0.25, 0.3) is 0 Å². The van der Waals surface area contributed by atoms with Crippen LogP contribution in [0.5, 0.6) is 0 Å². The molecule has 2 heteroatoms. The van der Waals surface area contributed by atoms with Gasteiger partial charge in [0.05, 0.1) is 0 Å². The van der Waals surface area contributed by atoms with Crippen LogP contribution in [0.2, 0.25) is 0 Å². The van der Waals surface area contributed by atoms with Gasteiger partial charge >= 0.3 is 0 Å². The smallest absolute Gasteiger partial charge is 0.155 e. The molecular weight excluding hydrogens is 138 g/mol. The number of rotatable bonds is 3. The van der Waals surface area contributed by atoms with E-state index in [-0.39, 0.29) is 5.78 Å². The Morgan fingerprint density at radius 1 is 1.64 bits per heavy atom. The van der Waals surface area contributed by atoms with Crippen molar-refractivity contribution < 1.29 is 4.79 Å². The van der Waals surface area contributed by atoms with Gasteiger partial charge in [-0.15, -0.1) is 0 Å².